The van der Waals surface area contributed by atoms with Gasteiger partial charge in [-0.15, -0.1) is 0 Å². The normalized spacial score (nSPS) is 10.0. The maximum Gasteiger partial charge on any atom is 0.248 e. The van der Waals surface area contributed by atoms with Crippen LogP contribution in [-0.2, 0) is 19.6 Å². The number of rotatable bonds is 11. The van der Waals surface area contributed by atoms with Crippen molar-refractivity contribution in [1.82, 2.24) is 9.13 Å². The minimum Gasteiger partial charge on any atom is -1.00 e. The van der Waals surface area contributed by atoms with Crippen LogP contribution in [0.25, 0.3) is 6.20 Å². The van der Waals surface area contributed by atoms with Gasteiger partial charge in [0.2, 0.25) is 12.7 Å². The van der Waals surface area contributed by atoms with Crippen LogP contribution in [0.5, 0.6) is 0 Å². The average molecular weight is 462 g/mol. The summed E-state index contributed by atoms with van der Waals surface area (Å²) in [6.07, 6.45) is 22.3. The van der Waals surface area contributed by atoms with E-state index >= 15 is 0 Å². The molecule has 2 rings (SSSR count). The van der Waals surface area contributed by atoms with Gasteiger partial charge >= 0.3 is 0 Å². The predicted molar refractivity (Wildman–Crippen MR) is 89.0 cm³/mol. The zero-order valence-electron chi connectivity index (χ0n) is 14.7. The van der Waals surface area contributed by atoms with E-state index in [-0.39, 0.29) is 34.0 Å². The Balaban J connectivity index is 0.00000264. The molecule has 0 unspecified atom stereocenters. The highest BCUT2D eigenvalue weighted by Gasteiger charge is 2.03. The third-order valence-corrected chi connectivity index (χ3v) is 4.02. The summed E-state index contributed by atoms with van der Waals surface area (Å²) in [5, 5.41) is 0. The Morgan fingerprint density at radius 2 is 1.50 bits per heavy atom. The summed E-state index contributed by atoms with van der Waals surface area (Å²) < 4.78 is 8.82. The van der Waals surface area contributed by atoms with Gasteiger partial charge in [-0.05, 0) is 32.1 Å². The molecule has 0 aliphatic rings. The molecule has 0 N–H and O–H groups in total. The Hall–Kier alpha value is -0.880. The quantitative estimate of drug-likeness (QED) is 0.251. The zero-order chi connectivity index (χ0) is 15.6. The largest absolute Gasteiger partial charge is 1.00 e. The Kier molecular flexibility index (Phi) is 12.9. The highest BCUT2D eigenvalue weighted by atomic mass is 79.9. The molecule has 0 aliphatic heterocycles. The van der Waals surface area contributed by atoms with E-state index < -0.39 is 0 Å². The summed E-state index contributed by atoms with van der Waals surface area (Å²) in [5.74, 6) is 0. The molecule has 136 valence electrons. The van der Waals surface area contributed by atoms with Crippen LogP contribution in [0.15, 0.2) is 44.0 Å². The standard InChI is InChI=1S/C18H30N4.2BrH/c1-3-5-10-20-15-16-22(18-20)12-9-7-6-8-11-21-14-13-19(4-2)17-21;;/h4,13-18H,2-3,5-12H2,1H3;2*1H/q+2;;/p-2. The Bertz CT molecular complexity index is 563. The maximum absolute atomic E-state index is 3.76. The molecule has 6 heteroatoms. The first-order valence-corrected chi connectivity index (χ1v) is 8.55. The number of aryl methyl sites for hydroxylation is 3. The fourth-order valence-electron chi connectivity index (χ4n) is 2.64. The lowest BCUT2D eigenvalue weighted by Crippen LogP contribution is -3.00. The van der Waals surface area contributed by atoms with E-state index in [0.717, 1.165) is 19.6 Å². The van der Waals surface area contributed by atoms with Gasteiger partial charge in [0.15, 0.2) is 0 Å². The number of nitrogens with zero attached hydrogens (tertiary/aromatic N) is 4. The van der Waals surface area contributed by atoms with Crippen molar-refractivity contribution < 1.29 is 43.1 Å². The van der Waals surface area contributed by atoms with Crippen molar-refractivity contribution in [3.63, 3.8) is 0 Å². The van der Waals surface area contributed by atoms with Crippen LogP contribution >= 0.6 is 0 Å². The van der Waals surface area contributed by atoms with Crippen LogP contribution in [0.2, 0.25) is 0 Å². The van der Waals surface area contributed by atoms with Crippen LogP contribution in [0.4, 0.5) is 0 Å². The second kappa shape index (κ2) is 13.4. The second-order valence-electron chi connectivity index (χ2n) is 5.94. The highest BCUT2D eigenvalue weighted by molar-refractivity contribution is 5.12. The molecule has 0 fully saturated rings. The van der Waals surface area contributed by atoms with Crippen LogP contribution in [0, 0.1) is 0 Å². The van der Waals surface area contributed by atoms with Crippen LogP contribution in [0.1, 0.15) is 45.4 Å². The van der Waals surface area contributed by atoms with Crippen molar-refractivity contribution in [2.45, 2.75) is 65.1 Å². The van der Waals surface area contributed by atoms with Gasteiger partial charge in [-0.25, -0.2) is 18.3 Å². The lowest BCUT2D eigenvalue weighted by Gasteiger charge is -1.99. The molecule has 0 radical (unpaired) electrons. The van der Waals surface area contributed by atoms with Gasteiger partial charge in [-0.3, -0.25) is 0 Å². The van der Waals surface area contributed by atoms with Crippen LogP contribution in [-0.4, -0.2) is 9.13 Å². The number of unbranched alkanes of at least 4 members (excludes halogenated alkanes) is 4. The summed E-state index contributed by atoms with van der Waals surface area (Å²) in [7, 11) is 0. The van der Waals surface area contributed by atoms with Crippen molar-refractivity contribution in [3.8, 4) is 0 Å². The Morgan fingerprint density at radius 3 is 2.08 bits per heavy atom. The number of hydrogen-bond donors (Lipinski definition) is 0. The number of imidazole rings is 2. The van der Waals surface area contributed by atoms with Crippen molar-refractivity contribution in [1.29, 1.82) is 0 Å². The average Bonchev–Trinajstić information content (AvgIpc) is 3.17. The number of aromatic nitrogens is 4. The van der Waals surface area contributed by atoms with Crippen LogP contribution in [0.3, 0.4) is 0 Å². The minimum atomic E-state index is 0. The first-order chi connectivity index (χ1) is 10.8. The van der Waals surface area contributed by atoms with E-state index in [1.165, 1.54) is 38.5 Å². The van der Waals surface area contributed by atoms with Gasteiger partial charge in [0.1, 0.15) is 24.8 Å². The molecule has 0 atom stereocenters. The van der Waals surface area contributed by atoms with E-state index in [1.54, 1.807) is 0 Å². The molecule has 4 nitrogen and oxygen atoms in total. The van der Waals surface area contributed by atoms with E-state index in [1.807, 2.05) is 17.0 Å². The van der Waals surface area contributed by atoms with Gasteiger partial charge in [0.05, 0.1) is 25.8 Å². The fourth-order valence-corrected chi connectivity index (χ4v) is 2.64. The topological polar surface area (TPSA) is 17.6 Å². The number of halogens is 2. The smallest absolute Gasteiger partial charge is 0.248 e. The molecular weight excluding hydrogens is 432 g/mol. The lowest BCUT2D eigenvalue weighted by atomic mass is 10.2. The van der Waals surface area contributed by atoms with Crippen LogP contribution < -0.4 is 43.1 Å². The molecule has 0 saturated carbocycles. The second-order valence-corrected chi connectivity index (χ2v) is 5.94. The first kappa shape index (κ1) is 23.1. The van der Waals surface area contributed by atoms with Gasteiger partial charge < -0.3 is 34.0 Å². The van der Waals surface area contributed by atoms with Crippen molar-refractivity contribution in [3.05, 3.63) is 44.0 Å². The molecule has 0 aliphatic carbocycles. The molecule has 0 bridgehead atoms. The van der Waals surface area contributed by atoms with Gasteiger partial charge in [-0.1, -0.05) is 19.9 Å². The Morgan fingerprint density at radius 1 is 0.875 bits per heavy atom. The number of hydrogen-bond acceptors (Lipinski definition) is 0. The van der Waals surface area contributed by atoms with Gasteiger partial charge in [0, 0.05) is 0 Å². The highest BCUT2D eigenvalue weighted by Crippen LogP contribution is 2.00. The predicted octanol–water partition coefficient (Wildman–Crippen LogP) is -2.97. The first-order valence-electron chi connectivity index (χ1n) is 8.55. The van der Waals surface area contributed by atoms with Crippen molar-refractivity contribution in [2.24, 2.45) is 0 Å². The van der Waals surface area contributed by atoms with E-state index in [0.29, 0.717) is 0 Å². The zero-order valence-corrected chi connectivity index (χ0v) is 17.8. The van der Waals surface area contributed by atoms with E-state index in [4.69, 9.17) is 0 Å². The van der Waals surface area contributed by atoms with Crippen molar-refractivity contribution >= 4 is 6.20 Å². The van der Waals surface area contributed by atoms with E-state index in [2.05, 4.69) is 58.4 Å². The molecule has 2 aromatic rings. The minimum absolute atomic E-state index is 0. The molecule has 0 amide bonds. The summed E-state index contributed by atoms with van der Waals surface area (Å²) in [5.41, 5.74) is 0. The lowest BCUT2D eigenvalue weighted by molar-refractivity contribution is -0.698. The fraction of sp³-hybridized carbons (Fsp3) is 0.556. The van der Waals surface area contributed by atoms with Gasteiger partial charge in [0.25, 0.3) is 0 Å². The third-order valence-electron chi connectivity index (χ3n) is 4.02. The summed E-state index contributed by atoms with van der Waals surface area (Å²) in [6, 6.07) is 0. The molecule has 2 heterocycles. The molecular formula is C18H30Br2N4. The van der Waals surface area contributed by atoms with Crippen molar-refractivity contribution in [2.75, 3.05) is 0 Å². The summed E-state index contributed by atoms with van der Waals surface area (Å²) >= 11 is 0. The molecule has 0 saturated heterocycles. The molecule has 0 spiro atoms. The SMILES string of the molecule is C=Cn1cc[n+](CCCCCC[n+]2ccn(CCCC)c2)c1.[Br-].[Br-]. The molecule has 2 aromatic heterocycles. The molecule has 0 aromatic carbocycles. The summed E-state index contributed by atoms with van der Waals surface area (Å²) in [6.45, 7) is 9.38. The van der Waals surface area contributed by atoms with Gasteiger partial charge in [-0.2, -0.15) is 0 Å². The molecule has 24 heavy (non-hydrogen) atoms. The monoisotopic (exact) mass is 460 g/mol. The summed E-state index contributed by atoms with van der Waals surface area (Å²) in [4.78, 5) is 0. The maximum atomic E-state index is 3.76. The Labute approximate surface area is 167 Å². The van der Waals surface area contributed by atoms with E-state index in [9.17, 15) is 0 Å². The third kappa shape index (κ3) is 8.29.